The summed E-state index contributed by atoms with van der Waals surface area (Å²) in [6.07, 6.45) is -1.24. The van der Waals surface area contributed by atoms with Crippen LogP contribution >= 0.6 is 0 Å². The molecule has 1 unspecified atom stereocenters. The van der Waals surface area contributed by atoms with Gasteiger partial charge in [0.1, 0.15) is 19.0 Å². The van der Waals surface area contributed by atoms with E-state index in [2.05, 4.69) is 19.6 Å². The number of hydrogen-bond acceptors (Lipinski definition) is 15. The molecule has 0 fully saturated rings. The maximum atomic E-state index is 13.7. The number of ether oxygens (including phenoxy) is 2. The number of carbonyl (C=O) groups excluding carboxylic acids is 1. The highest BCUT2D eigenvalue weighted by atomic mass is 32.2. The lowest BCUT2D eigenvalue weighted by Gasteiger charge is -2.20. The first-order valence-electron chi connectivity index (χ1n) is 14.0. The smallest absolute Gasteiger partial charge is 0.308 e. The minimum Gasteiger partial charge on any atom is -0.463 e. The lowest BCUT2D eigenvalue weighted by Crippen LogP contribution is -2.31. The summed E-state index contributed by atoms with van der Waals surface area (Å²) in [7, 11) is -2.45. The van der Waals surface area contributed by atoms with Crippen LogP contribution in [0.2, 0.25) is 0 Å². The zero-order valence-electron chi connectivity index (χ0n) is 25.9. The van der Waals surface area contributed by atoms with Crippen molar-refractivity contribution in [3.05, 3.63) is 67.6 Å². The molecule has 2 aromatic rings. The van der Waals surface area contributed by atoms with Crippen LogP contribution in [0.15, 0.2) is 30.3 Å². The van der Waals surface area contributed by atoms with E-state index in [4.69, 9.17) is 9.47 Å². The fraction of sp³-hybridized carbons (Fsp3) is 0.519. The first kappa shape index (κ1) is 38.7. The Kier molecular flexibility index (Phi) is 14.8. The number of anilines is 1. The summed E-state index contributed by atoms with van der Waals surface area (Å²) in [6, 6.07) is 5.32. The third-order valence-electron chi connectivity index (χ3n) is 6.20. The highest BCUT2D eigenvalue weighted by molar-refractivity contribution is 7.92. The second kappa shape index (κ2) is 18.0. The van der Waals surface area contributed by atoms with Crippen molar-refractivity contribution in [2.45, 2.75) is 50.9 Å². The Hall–Kier alpha value is -4.53. The molecule has 260 valence electrons. The summed E-state index contributed by atoms with van der Waals surface area (Å²) in [5.41, 5.74) is 1.50. The quantitative estimate of drug-likeness (QED) is 0.0869. The number of rotatable bonds is 20. The number of hydrogen-bond donors (Lipinski definition) is 2. The fourth-order valence-electron chi connectivity index (χ4n) is 3.90. The van der Waals surface area contributed by atoms with Gasteiger partial charge in [-0.1, -0.05) is 26.0 Å². The van der Waals surface area contributed by atoms with Gasteiger partial charge in [0.25, 0.3) is 10.2 Å². The van der Waals surface area contributed by atoms with Gasteiger partial charge in [0, 0.05) is 24.6 Å². The monoisotopic (exact) mass is 689 g/mol. The molecule has 0 saturated carbocycles. The average molecular weight is 690 g/mol. The number of benzene rings is 1. The molecule has 0 aliphatic heterocycles. The molecule has 47 heavy (non-hydrogen) atoms. The highest BCUT2D eigenvalue weighted by Gasteiger charge is 2.23. The summed E-state index contributed by atoms with van der Waals surface area (Å²) < 4.78 is 48.9. The minimum absolute atomic E-state index is 0.122. The second-order valence-electron chi connectivity index (χ2n) is 10.3. The van der Waals surface area contributed by atoms with Crippen LogP contribution in [0.5, 0.6) is 0 Å². The summed E-state index contributed by atoms with van der Waals surface area (Å²) in [6.45, 7) is 1.78. The van der Waals surface area contributed by atoms with E-state index in [1.165, 1.54) is 43.5 Å². The third-order valence-corrected chi connectivity index (χ3v) is 7.36. The van der Waals surface area contributed by atoms with Gasteiger partial charge in [-0.3, -0.25) is 4.79 Å². The van der Waals surface area contributed by atoms with Gasteiger partial charge in [0.05, 0.1) is 49.5 Å². The van der Waals surface area contributed by atoms with Crippen molar-refractivity contribution in [1.82, 2.24) is 9.97 Å². The molecule has 0 aliphatic carbocycles. The number of esters is 1. The van der Waals surface area contributed by atoms with Crippen LogP contribution in [0, 0.1) is 26.0 Å². The molecule has 0 radical (unpaired) electrons. The van der Waals surface area contributed by atoms with Gasteiger partial charge in [0.15, 0.2) is 6.10 Å². The second-order valence-corrected chi connectivity index (χ2v) is 12.4. The lowest BCUT2D eigenvalue weighted by molar-refractivity contribution is -0.769. The van der Waals surface area contributed by atoms with Crippen LogP contribution in [0.4, 0.5) is 10.3 Å². The molecule has 1 aromatic heterocycles. The molecule has 0 spiro atoms. The van der Waals surface area contributed by atoms with Crippen molar-refractivity contribution >= 4 is 28.0 Å². The van der Waals surface area contributed by atoms with E-state index in [0.717, 1.165) is 10.6 Å². The average Bonchev–Trinajstić information content (AvgIpc) is 2.97. The zero-order valence-corrected chi connectivity index (χ0v) is 26.7. The van der Waals surface area contributed by atoms with Crippen molar-refractivity contribution in [2.75, 3.05) is 44.0 Å². The molecular formula is C27H36FN5O13S. The standard InChI is InChI=1S/C27H36FN5O13S/c1-17(2)25-23(26(18-5-7-19(28)8-6-18)30-27(29-25)31(3)47(4,41)42)10-9-20(34)13-21(35)14-24(36)44-16-22(46-33(39)40)15-43-11-12-45-32(37)38/h5-10,17,20-22,34-35H,11-16H2,1-4H3/b10-9+/t20-,21-,22?/m1/s1. The Morgan fingerprint density at radius 1 is 1.09 bits per heavy atom. The van der Waals surface area contributed by atoms with Gasteiger partial charge in [-0.15, -0.1) is 20.2 Å². The molecule has 2 N–H and O–H groups in total. The predicted molar refractivity (Wildman–Crippen MR) is 162 cm³/mol. The Balaban J connectivity index is 2.14. The Labute approximate surface area is 269 Å². The molecule has 20 heteroatoms. The first-order valence-corrected chi connectivity index (χ1v) is 15.8. The van der Waals surface area contributed by atoms with Crippen molar-refractivity contribution < 1.29 is 57.1 Å². The van der Waals surface area contributed by atoms with Crippen molar-refractivity contribution in [3.8, 4) is 11.3 Å². The van der Waals surface area contributed by atoms with Crippen molar-refractivity contribution in [1.29, 1.82) is 0 Å². The van der Waals surface area contributed by atoms with Crippen LogP contribution in [0.25, 0.3) is 17.3 Å². The van der Waals surface area contributed by atoms with Crippen molar-refractivity contribution in [3.63, 3.8) is 0 Å². The fourth-order valence-corrected chi connectivity index (χ4v) is 4.28. The van der Waals surface area contributed by atoms with E-state index in [1.807, 2.05) is 13.8 Å². The Morgan fingerprint density at radius 2 is 1.74 bits per heavy atom. The molecule has 0 aliphatic rings. The van der Waals surface area contributed by atoms with Crippen molar-refractivity contribution in [2.24, 2.45) is 0 Å². The molecule has 2 rings (SSSR count). The van der Waals surface area contributed by atoms with Gasteiger partial charge >= 0.3 is 5.97 Å². The van der Waals surface area contributed by atoms with Crippen LogP contribution in [-0.4, -0.2) is 103 Å². The number of aliphatic hydroxyl groups is 2. The van der Waals surface area contributed by atoms with E-state index in [-0.39, 0.29) is 30.6 Å². The molecule has 1 aromatic carbocycles. The Bertz CT molecular complexity index is 1510. The number of carbonyl (C=O) groups is 1. The normalized spacial score (nSPS) is 13.6. The summed E-state index contributed by atoms with van der Waals surface area (Å²) in [5.74, 6) is -1.86. The predicted octanol–water partition coefficient (Wildman–Crippen LogP) is 1.66. The van der Waals surface area contributed by atoms with E-state index >= 15 is 0 Å². The summed E-state index contributed by atoms with van der Waals surface area (Å²) in [4.78, 5) is 50.3. The number of nitrogens with zero attached hydrogens (tertiary/aromatic N) is 5. The van der Waals surface area contributed by atoms with Crippen LogP contribution in [0.3, 0.4) is 0 Å². The Morgan fingerprint density at radius 3 is 2.32 bits per heavy atom. The van der Waals surface area contributed by atoms with E-state index in [1.54, 1.807) is 0 Å². The molecular weight excluding hydrogens is 653 g/mol. The molecule has 1 heterocycles. The van der Waals surface area contributed by atoms with Gasteiger partial charge in [0.2, 0.25) is 16.0 Å². The number of aromatic nitrogens is 2. The number of halogens is 1. The number of sulfonamides is 1. The maximum Gasteiger partial charge on any atom is 0.308 e. The minimum atomic E-state index is -3.73. The topological polar surface area (TPSA) is 244 Å². The van der Waals surface area contributed by atoms with Gasteiger partial charge in [-0.25, -0.2) is 27.1 Å². The van der Waals surface area contributed by atoms with Crippen LogP contribution in [-0.2, 0) is 34.0 Å². The SMILES string of the molecule is CC(C)c1nc(N(C)S(C)(=O)=O)nc(-c2ccc(F)cc2)c1/C=C/[C@@H](O)C[C@@H](O)CC(=O)OCC(COCCO[N+](=O)[O-])O[N+](=O)[O-]. The van der Waals surface area contributed by atoms with E-state index < -0.39 is 76.5 Å². The van der Waals surface area contributed by atoms with Gasteiger partial charge in [-0.2, -0.15) is 0 Å². The third kappa shape index (κ3) is 13.4. The largest absolute Gasteiger partial charge is 0.463 e. The van der Waals surface area contributed by atoms with Crippen LogP contribution < -0.4 is 4.31 Å². The molecule has 18 nitrogen and oxygen atoms in total. The maximum absolute atomic E-state index is 13.7. The van der Waals surface area contributed by atoms with E-state index in [0.29, 0.717) is 16.8 Å². The molecule has 3 atom stereocenters. The van der Waals surface area contributed by atoms with E-state index in [9.17, 15) is 48.0 Å². The molecule has 0 saturated heterocycles. The molecule has 0 bridgehead atoms. The van der Waals surface area contributed by atoms with Gasteiger partial charge < -0.3 is 29.4 Å². The van der Waals surface area contributed by atoms with Crippen LogP contribution in [0.1, 0.15) is 43.9 Å². The summed E-state index contributed by atoms with van der Waals surface area (Å²) >= 11 is 0. The van der Waals surface area contributed by atoms with Gasteiger partial charge in [-0.05, 0) is 30.2 Å². The zero-order chi connectivity index (χ0) is 35.3. The molecule has 0 amide bonds. The summed E-state index contributed by atoms with van der Waals surface area (Å²) in [5, 5.41) is 39.6. The lowest BCUT2D eigenvalue weighted by atomic mass is 9.97. The first-order chi connectivity index (χ1) is 22.0. The highest BCUT2D eigenvalue weighted by Crippen LogP contribution is 2.31. The number of aliphatic hydroxyl groups excluding tert-OH is 2.